The van der Waals surface area contributed by atoms with Crippen LogP contribution in [0.4, 0.5) is 15.8 Å². The fourth-order valence-corrected chi connectivity index (χ4v) is 4.44. The van der Waals surface area contributed by atoms with Crippen molar-refractivity contribution in [3.8, 4) is 0 Å². The van der Waals surface area contributed by atoms with Gasteiger partial charge in [0, 0.05) is 31.6 Å². The van der Waals surface area contributed by atoms with Crippen molar-refractivity contribution in [1.29, 1.82) is 0 Å². The molecule has 3 aromatic rings. The summed E-state index contributed by atoms with van der Waals surface area (Å²) in [6.45, 7) is 0.741. The fraction of sp³-hybridized carbons (Fsp3) is 0.240. The lowest BCUT2D eigenvalue weighted by molar-refractivity contribution is -0.121. The molecule has 0 saturated carbocycles. The summed E-state index contributed by atoms with van der Waals surface area (Å²) in [6, 6.07) is 14.3. The predicted molar refractivity (Wildman–Crippen MR) is 119 cm³/mol. The zero-order chi connectivity index (χ0) is 22.9. The Morgan fingerprint density at radius 1 is 1.06 bits per heavy atom. The second kappa shape index (κ2) is 8.54. The molecule has 33 heavy (non-hydrogen) atoms. The Morgan fingerprint density at radius 2 is 1.88 bits per heavy atom. The van der Waals surface area contributed by atoms with Gasteiger partial charge in [0.05, 0.1) is 12.0 Å². The highest BCUT2D eigenvalue weighted by atomic mass is 19.1. The molecule has 3 heterocycles. The van der Waals surface area contributed by atoms with Crippen molar-refractivity contribution in [2.75, 3.05) is 16.8 Å². The first-order valence-corrected chi connectivity index (χ1v) is 10.8. The smallest absolute Gasteiger partial charge is 0.290 e. The molecule has 8 heteroatoms. The first-order valence-electron chi connectivity index (χ1n) is 10.8. The van der Waals surface area contributed by atoms with Crippen LogP contribution in [0.1, 0.15) is 34.5 Å². The number of hydrogen-bond donors (Lipinski definition) is 1. The highest BCUT2D eigenvalue weighted by Gasteiger charge is 2.36. The Morgan fingerprint density at radius 3 is 2.58 bits per heavy atom. The minimum atomic E-state index is -0.791. The molecule has 1 N–H and O–H groups in total. The minimum absolute atomic E-state index is 0.112. The van der Waals surface area contributed by atoms with E-state index in [1.165, 1.54) is 28.2 Å². The molecule has 5 rings (SSSR count). The van der Waals surface area contributed by atoms with Crippen LogP contribution in [-0.4, -0.2) is 35.2 Å². The summed E-state index contributed by atoms with van der Waals surface area (Å²) in [7, 11) is 0. The summed E-state index contributed by atoms with van der Waals surface area (Å²) in [4.78, 5) is 41.1. The van der Waals surface area contributed by atoms with E-state index < -0.39 is 17.8 Å². The van der Waals surface area contributed by atoms with Crippen LogP contribution in [0.3, 0.4) is 0 Å². The first-order chi connectivity index (χ1) is 16.0. The van der Waals surface area contributed by atoms with Crippen LogP contribution in [0.5, 0.6) is 0 Å². The van der Waals surface area contributed by atoms with Crippen molar-refractivity contribution >= 4 is 29.1 Å². The zero-order valence-corrected chi connectivity index (χ0v) is 17.8. The quantitative estimate of drug-likeness (QED) is 0.660. The van der Waals surface area contributed by atoms with E-state index in [-0.39, 0.29) is 35.5 Å². The lowest BCUT2D eigenvalue weighted by atomic mass is 9.93. The molecule has 7 nitrogen and oxygen atoms in total. The van der Waals surface area contributed by atoms with Crippen LogP contribution in [0.25, 0.3) is 0 Å². The van der Waals surface area contributed by atoms with Gasteiger partial charge in [0.25, 0.3) is 5.91 Å². The van der Waals surface area contributed by atoms with Crippen LogP contribution in [0.2, 0.25) is 0 Å². The molecule has 1 saturated heterocycles. The van der Waals surface area contributed by atoms with E-state index in [1.54, 1.807) is 18.2 Å². The predicted octanol–water partition coefficient (Wildman–Crippen LogP) is 3.75. The molecule has 0 spiro atoms. The van der Waals surface area contributed by atoms with Crippen LogP contribution in [-0.2, 0) is 22.6 Å². The number of hydrogen-bond acceptors (Lipinski definition) is 4. The monoisotopic (exact) mass is 447 g/mol. The number of fused-ring (bicyclic) bond motifs is 1. The van der Waals surface area contributed by atoms with E-state index in [1.807, 2.05) is 24.3 Å². The van der Waals surface area contributed by atoms with Gasteiger partial charge in [-0.15, -0.1) is 0 Å². The van der Waals surface area contributed by atoms with Crippen molar-refractivity contribution in [1.82, 2.24) is 4.90 Å². The van der Waals surface area contributed by atoms with Gasteiger partial charge >= 0.3 is 0 Å². The Bertz CT molecular complexity index is 1220. The molecule has 1 aromatic heterocycles. The van der Waals surface area contributed by atoms with Crippen molar-refractivity contribution in [3.05, 3.63) is 83.6 Å². The summed E-state index contributed by atoms with van der Waals surface area (Å²) in [5.41, 5.74) is 2.41. The lowest BCUT2D eigenvalue weighted by Gasteiger charge is -2.35. The Kier molecular flexibility index (Phi) is 5.42. The van der Waals surface area contributed by atoms with Crippen LogP contribution < -0.4 is 10.2 Å². The molecule has 2 aromatic carbocycles. The van der Waals surface area contributed by atoms with Gasteiger partial charge < -0.3 is 19.5 Å². The number of furan rings is 1. The summed E-state index contributed by atoms with van der Waals surface area (Å²) in [6.07, 6.45) is 2.84. The Labute approximate surface area is 189 Å². The first kappa shape index (κ1) is 20.9. The van der Waals surface area contributed by atoms with Gasteiger partial charge in [0.15, 0.2) is 5.76 Å². The average Bonchev–Trinajstić information content (AvgIpc) is 3.50. The molecule has 168 valence electrons. The number of benzene rings is 2. The summed E-state index contributed by atoms with van der Waals surface area (Å²) < 4.78 is 20.0. The van der Waals surface area contributed by atoms with Crippen LogP contribution in [0, 0.1) is 5.82 Å². The van der Waals surface area contributed by atoms with Crippen molar-refractivity contribution in [2.45, 2.75) is 31.8 Å². The lowest BCUT2D eigenvalue weighted by Crippen LogP contribution is -2.50. The van der Waals surface area contributed by atoms with Crippen molar-refractivity contribution in [2.24, 2.45) is 0 Å². The van der Waals surface area contributed by atoms with E-state index >= 15 is 0 Å². The third-order valence-electron chi connectivity index (χ3n) is 6.12. The molecule has 1 unspecified atom stereocenters. The van der Waals surface area contributed by atoms with E-state index in [4.69, 9.17) is 4.42 Å². The minimum Gasteiger partial charge on any atom is -0.459 e. The number of anilines is 2. The van der Waals surface area contributed by atoms with E-state index in [9.17, 15) is 18.8 Å². The number of rotatable bonds is 4. The molecule has 2 aliphatic rings. The SMILES string of the molecule is O=C(Nc1ccc(N2CCCC2=O)c(F)c1)C1Cc2ccccc2CN1C(=O)c1ccco1. The molecule has 3 amide bonds. The standard InChI is InChI=1S/C25H22FN3O4/c26-19-14-18(9-10-20(19)28-11-3-8-23(28)30)27-24(31)21-13-16-5-1-2-6-17(16)15-29(21)25(32)22-7-4-12-33-22/h1-2,4-7,9-10,12,14,21H,3,8,11,13,15H2,(H,27,31). The topological polar surface area (TPSA) is 82.9 Å². The van der Waals surface area contributed by atoms with Gasteiger partial charge in [-0.25, -0.2) is 4.39 Å². The molecule has 0 radical (unpaired) electrons. The molecule has 0 bridgehead atoms. The molecule has 1 atom stereocenters. The zero-order valence-electron chi connectivity index (χ0n) is 17.8. The normalized spacial score (nSPS) is 17.7. The van der Waals surface area contributed by atoms with E-state index in [0.29, 0.717) is 25.8 Å². The second-order valence-electron chi connectivity index (χ2n) is 8.20. The third-order valence-corrected chi connectivity index (χ3v) is 6.12. The fourth-order valence-electron chi connectivity index (χ4n) is 4.44. The van der Waals surface area contributed by atoms with E-state index in [2.05, 4.69) is 5.32 Å². The second-order valence-corrected chi connectivity index (χ2v) is 8.20. The van der Waals surface area contributed by atoms with Gasteiger partial charge in [0.2, 0.25) is 11.8 Å². The third kappa shape index (κ3) is 4.00. The maximum Gasteiger partial charge on any atom is 0.290 e. The molecule has 2 aliphatic heterocycles. The summed E-state index contributed by atoms with van der Waals surface area (Å²) >= 11 is 0. The highest BCUT2D eigenvalue weighted by Crippen LogP contribution is 2.29. The van der Waals surface area contributed by atoms with E-state index in [0.717, 1.165) is 11.1 Å². The average molecular weight is 447 g/mol. The molecule has 0 aliphatic carbocycles. The molecule has 1 fully saturated rings. The van der Waals surface area contributed by atoms with Gasteiger partial charge in [0.1, 0.15) is 11.9 Å². The Hall–Kier alpha value is -3.94. The summed E-state index contributed by atoms with van der Waals surface area (Å²) in [5.74, 6) is -1.35. The largest absolute Gasteiger partial charge is 0.459 e. The number of nitrogens with one attached hydrogen (secondary N) is 1. The van der Waals surface area contributed by atoms with Crippen LogP contribution >= 0.6 is 0 Å². The number of nitrogens with zero attached hydrogens (tertiary/aromatic N) is 2. The molecular formula is C25H22FN3O4. The van der Waals surface area contributed by atoms with Gasteiger partial charge in [-0.2, -0.15) is 0 Å². The summed E-state index contributed by atoms with van der Waals surface area (Å²) in [5, 5.41) is 2.74. The highest BCUT2D eigenvalue weighted by molar-refractivity contribution is 6.01. The van der Waals surface area contributed by atoms with Crippen LogP contribution in [0.15, 0.2) is 65.3 Å². The van der Waals surface area contributed by atoms with Crippen molar-refractivity contribution in [3.63, 3.8) is 0 Å². The Balaban J connectivity index is 1.39. The van der Waals surface area contributed by atoms with Crippen molar-refractivity contribution < 1.29 is 23.2 Å². The van der Waals surface area contributed by atoms with Gasteiger partial charge in [-0.3, -0.25) is 14.4 Å². The maximum absolute atomic E-state index is 14.7. The molecular weight excluding hydrogens is 425 g/mol. The van der Waals surface area contributed by atoms with Gasteiger partial charge in [-0.1, -0.05) is 24.3 Å². The maximum atomic E-state index is 14.7. The number of carbonyl (C=O) groups is 3. The van der Waals surface area contributed by atoms with Gasteiger partial charge in [-0.05, 0) is 47.9 Å². The number of amides is 3. The number of halogens is 1. The number of carbonyl (C=O) groups excluding carboxylic acids is 3.